The summed E-state index contributed by atoms with van der Waals surface area (Å²) in [6.07, 6.45) is 0. The van der Waals surface area contributed by atoms with E-state index in [0.717, 1.165) is 10.0 Å². The van der Waals surface area contributed by atoms with Crippen LogP contribution in [0.1, 0.15) is 12.5 Å². The fraction of sp³-hybridized carbons (Fsp3) is 0.176. The maximum absolute atomic E-state index is 12.8. The lowest BCUT2D eigenvalue weighted by Crippen LogP contribution is -2.39. The van der Waals surface area contributed by atoms with Crippen LogP contribution in [0.15, 0.2) is 53.0 Å². The Labute approximate surface area is 142 Å². The monoisotopic (exact) mass is 378 g/mol. The Morgan fingerprint density at radius 3 is 2.26 bits per heavy atom. The van der Waals surface area contributed by atoms with E-state index in [1.807, 2.05) is 12.1 Å². The molecular formula is C17H16BrFN2O2. The first-order valence-corrected chi connectivity index (χ1v) is 7.80. The number of amides is 2. The van der Waals surface area contributed by atoms with E-state index < -0.39 is 0 Å². The van der Waals surface area contributed by atoms with E-state index in [2.05, 4.69) is 21.2 Å². The van der Waals surface area contributed by atoms with Crippen LogP contribution in [-0.4, -0.2) is 18.4 Å². The summed E-state index contributed by atoms with van der Waals surface area (Å²) in [6, 6.07) is 13.0. The van der Waals surface area contributed by atoms with E-state index in [9.17, 15) is 14.0 Å². The Bertz CT molecular complexity index is 687. The number of anilines is 1. The fourth-order valence-electron chi connectivity index (χ4n) is 2.01. The maximum Gasteiger partial charge on any atom is 0.240 e. The summed E-state index contributed by atoms with van der Waals surface area (Å²) < 4.78 is 13.7. The molecule has 0 radical (unpaired) electrons. The van der Waals surface area contributed by atoms with Crippen molar-refractivity contribution >= 4 is 33.4 Å². The lowest BCUT2D eigenvalue weighted by atomic mass is 10.2. The van der Waals surface area contributed by atoms with Crippen LogP contribution in [0.5, 0.6) is 0 Å². The molecule has 2 amide bonds. The summed E-state index contributed by atoms with van der Waals surface area (Å²) in [5.74, 6) is -0.824. The molecule has 0 saturated heterocycles. The first-order valence-electron chi connectivity index (χ1n) is 7.00. The van der Waals surface area contributed by atoms with Crippen LogP contribution < -0.4 is 10.2 Å². The Hall–Kier alpha value is -2.21. The van der Waals surface area contributed by atoms with Gasteiger partial charge in [-0.3, -0.25) is 9.59 Å². The van der Waals surface area contributed by atoms with Crippen molar-refractivity contribution in [3.63, 3.8) is 0 Å². The largest absolute Gasteiger partial charge is 0.350 e. The smallest absolute Gasteiger partial charge is 0.240 e. The van der Waals surface area contributed by atoms with Gasteiger partial charge in [-0.05, 0) is 42.0 Å². The second-order valence-electron chi connectivity index (χ2n) is 4.98. The standard InChI is InChI=1S/C17H16BrFN2O2/c1-12(22)21(16-8-4-14(18)5-9-16)11-17(23)20-10-13-2-6-15(19)7-3-13/h2-9H,10-11H2,1H3,(H,20,23). The molecule has 120 valence electrons. The van der Waals surface area contributed by atoms with Gasteiger partial charge in [0.25, 0.3) is 0 Å². The molecule has 0 heterocycles. The van der Waals surface area contributed by atoms with Crippen molar-refractivity contribution in [1.29, 1.82) is 0 Å². The number of halogens is 2. The molecule has 0 aliphatic rings. The summed E-state index contributed by atoms with van der Waals surface area (Å²) in [7, 11) is 0. The molecule has 2 rings (SSSR count). The molecule has 2 aromatic rings. The number of nitrogens with one attached hydrogen (secondary N) is 1. The minimum Gasteiger partial charge on any atom is -0.350 e. The molecule has 4 nitrogen and oxygen atoms in total. The van der Waals surface area contributed by atoms with E-state index in [0.29, 0.717) is 5.69 Å². The van der Waals surface area contributed by atoms with E-state index in [-0.39, 0.29) is 30.7 Å². The van der Waals surface area contributed by atoms with E-state index in [4.69, 9.17) is 0 Å². The molecule has 6 heteroatoms. The predicted molar refractivity (Wildman–Crippen MR) is 90.4 cm³/mol. The summed E-state index contributed by atoms with van der Waals surface area (Å²) in [5.41, 5.74) is 1.44. The Kier molecular flexibility index (Phi) is 5.87. The van der Waals surface area contributed by atoms with Crippen LogP contribution in [0.25, 0.3) is 0 Å². The van der Waals surface area contributed by atoms with Crippen LogP contribution in [0.3, 0.4) is 0 Å². The molecular weight excluding hydrogens is 363 g/mol. The number of nitrogens with zero attached hydrogens (tertiary/aromatic N) is 1. The molecule has 0 atom stereocenters. The predicted octanol–water partition coefficient (Wildman–Crippen LogP) is 3.26. The van der Waals surface area contributed by atoms with Crippen molar-refractivity contribution in [3.05, 3.63) is 64.4 Å². The summed E-state index contributed by atoms with van der Waals surface area (Å²) >= 11 is 3.33. The van der Waals surface area contributed by atoms with Gasteiger partial charge < -0.3 is 10.2 Å². The molecule has 0 aromatic heterocycles. The number of carbonyl (C=O) groups is 2. The molecule has 0 fully saturated rings. The Balaban J connectivity index is 1.96. The zero-order chi connectivity index (χ0) is 16.8. The first-order chi connectivity index (χ1) is 11.0. The van der Waals surface area contributed by atoms with Gasteiger partial charge in [0.2, 0.25) is 11.8 Å². The van der Waals surface area contributed by atoms with Gasteiger partial charge in [-0.1, -0.05) is 28.1 Å². The Morgan fingerprint density at radius 2 is 1.70 bits per heavy atom. The summed E-state index contributed by atoms with van der Waals surface area (Å²) in [4.78, 5) is 25.2. The molecule has 0 aliphatic carbocycles. The van der Waals surface area contributed by atoms with Gasteiger partial charge in [-0.25, -0.2) is 4.39 Å². The highest BCUT2D eigenvalue weighted by atomic mass is 79.9. The third-order valence-corrected chi connectivity index (χ3v) is 3.75. The highest BCUT2D eigenvalue weighted by Crippen LogP contribution is 2.18. The summed E-state index contributed by atoms with van der Waals surface area (Å²) in [6.45, 7) is 1.62. The SMILES string of the molecule is CC(=O)N(CC(=O)NCc1ccc(F)cc1)c1ccc(Br)cc1. The zero-order valence-corrected chi connectivity index (χ0v) is 14.1. The topological polar surface area (TPSA) is 49.4 Å². The van der Waals surface area contributed by atoms with Gasteiger partial charge >= 0.3 is 0 Å². The molecule has 0 bridgehead atoms. The number of hydrogen-bond donors (Lipinski definition) is 1. The number of carbonyl (C=O) groups excluding carboxylic acids is 2. The molecule has 0 unspecified atom stereocenters. The average molecular weight is 379 g/mol. The fourth-order valence-corrected chi connectivity index (χ4v) is 2.27. The van der Waals surface area contributed by atoms with Crippen molar-refractivity contribution in [2.45, 2.75) is 13.5 Å². The van der Waals surface area contributed by atoms with E-state index in [1.165, 1.54) is 24.0 Å². The molecule has 0 aliphatic heterocycles. The van der Waals surface area contributed by atoms with Crippen molar-refractivity contribution in [2.24, 2.45) is 0 Å². The number of rotatable bonds is 5. The molecule has 0 saturated carbocycles. The van der Waals surface area contributed by atoms with Crippen LogP contribution in [0.4, 0.5) is 10.1 Å². The lowest BCUT2D eigenvalue weighted by Gasteiger charge is -2.20. The zero-order valence-electron chi connectivity index (χ0n) is 12.6. The van der Waals surface area contributed by atoms with Gasteiger partial charge in [0.15, 0.2) is 0 Å². The van der Waals surface area contributed by atoms with Crippen LogP contribution in [0.2, 0.25) is 0 Å². The number of hydrogen-bond acceptors (Lipinski definition) is 2. The highest BCUT2D eigenvalue weighted by molar-refractivity contribution is 9.10. The first kappa shape index (κ1) is 17.1. The van der Waals surface area contributed by atoms with Crippen molar-refractivity contribution in [3.8, 4) is 0 Å². The summed E-state index contributed by atoms with van der Waals surface area (Å²) in [5, 5.41) is 2.72. The van der Waals surface area contributed by atoms with Crippen molar-refractivity contribution < 1.29 is 14.0 Å². The minimum absolute atomic E-state index is 0.0713. The van der Waals surface area contributed by atoms with Crippen molar-refractivity contribution in [2.75, 3.05) is 11.4 Å². The van der Waals surface area contributed by atoms with Gasteiger partial charge in [-0.2, -0.15) is 0 Å². The van der Waals surface area contributed by atoms with Crippen LogP contribution in [-0.2, 0) is 16.1 Å². The molecule has 2 aromatic carbocycles. The minimum atomic E-state index is -0.321. The normalized spacial score (nSPS) is 10.2. The lowest BCUT2D eigenvalue weighted by molar-refractivity contribution is -0.123. The van der Waals surface area contributed by atoms with Gasteiger partial charge in [-0.15, -0.1) is 0 Å². The molecule has 0 spiro atoms. The molecule has 23 heavy (non-hydrogen) atoms. The van der Waals surface area contributed by atoms with Crippen LogP contribution >= 0.6 is 15.9 Å². The number of benzene rings is 2. The highest BCUT2D eigenvalue weighted by Gasteiger charge is 2.15. The van der Waals surface area contributed by atoms with Gasteiger partial charge in [0.1, 0.15) is 12.4 Å². The quantitative estimate of drug-likeness (QED) is 0.867. The maximum atomic E-state index is 12.8. The second-order valence-corrected chi connectivity index (χ2v) is 5.90. The second kappa shape index (κ2) is 7.87. The van der Waals surface area contributed by atoms with Gasteiger partial charge in [0, 0.05) is 23.6 Å². The van der Waals surface area contributed by atoms with E-state index in [1.54, 1.807) is 24.3 Å². The van der Waals surface area contributed by atoms with Crippen LogP contribution in [0, 0.1) is 5.82 Å². The molecule has 1 N–H and O–H groups in total. The third kappa shape index (κ3) is 5.17. The third-order valence-electron chi connectivity index (χ3n) is 3.22. The average Bonchev–Trinajstić information content (AvgIpc) is 2.53. The van der Waals surface area contributed by atoms with Gasteiger partial charge in [0.05, 0.1) is 0 Å². The van der Waals surface area contributed by atoms with Crippen molar-refractivity contribution in [1.82, 2.24) is 5.32 Å². The Morgan fingerprint density at radius 1 is 1.09 bits per heavy atom. The van der Waals surface area contributed by atoms with E-state index >= 15 is 0 Å².